The van der Waals surface area contributed by atoms with Crippen molar-refractivity contribution in [3.05, 3.63) is 75.7 Å². The van der Waals surface area contributed by atoms with E-state index in [2.05, 4.69) is 30.9 Å². The minimum atomic E-state index is -1.52. The van der Waals surface area contributed by atoms with Crippen molar-refractivity contribution < 1.29 is 19.1 Å². The van der Waals surface area contributed by atoms with Gasteiger partial charge in [-0.25, -0.2) is 9.99 Å². The van der Waals surface area contributed by atoms with E-state index in [0.29, 0.717) is 66.7 Å². The summed E-state index contributed by atoms with van der Waals surface area (Å²) in [6, 6.07) is 8.55. The van der Waals surface area contributed by atoms with Crippen LogP contribution in [0, 0.1) is 0 Å². The van der Waals surface area contributed by atoms with E-state index in [9.17, 15) is 14.4 Å². The highest BCUT2D eigenvalue weighted by Gasteiger charge is 2.49. The number of Topliss-reactive ketones (excluding diaryl/α,β-unsaturated/α-hetero) is 1. The summed E-state index contributed by atoms with van der Waals surface area (Å²) in [7, 11) is 0. The maximum atomic E-state index is 13.7. The Kier molecular flexibility index (Phi) is 6.64. The van der Waals surface area contributed by atoms with E-state index in [1.165, 1.54) is 11.3 Å². The summed E-state index contributed by atoms with van der Waals surface area (Å²) in [5.41, 5.74) is 9.71. The van der Waals surface area contributed by atoms with Gasteiger partial charge in [0, 0.05) is 49.5 Å². The molecule has 1 aromatic carbocycles. The molecule has 39 heavy (non-hydrogen) atoms. The first-order chi connectivity index (χ1) is 18.9. The van der Waals surface area contributed by atoms with Gasteiger partial charge in [-0.15, -0.1) is 11.3 Å². The Hall–Kier alpha value is -4.04. The summed E-state index contributed by atoms with van der Waals surface area (Å²) >= 11 is 1.24. The highest BCUT2D eigenvalue weighted by molar-refractivity contribution is 7.16. The lowest BCUT2D eigenvalue weighted by atomic mass is 9.94. The van der Waals surface area contributed by atoms with Gasteiger partial charge in [-0.1, -0.05) is 12.1 Å². The molecule has 1 aliphatic carbocycles. The number of hydrogen-bond acceptors (Lipinski definition) is 10. The van der Waals surface area contributed by atoms with Crippen molar-refractivity contribution in [2.24, 2.45) is 16.0 Å². The predicted octanol–water partition coefficient (Wildman–Crippen LogP) is 2.59. The number of hydrogen-bond donors (Lipinski definition) is 4. The van der Waals surface area contributed by atoms with Crippen molar-refractivity contribution in [1.29, 1.82) is 0 Å². The van der Waals surface area contributed by atoms with E-state index in [1.807, 2.05) is 0 Å². The molecule has 0 saturated carbocycles. The molecular formula is C26H26N8O4S. The molecule has 0 bridgehead atoms. The first-order valence-electron chi connectivity index (χ1n) is 12.6. The number of amides is 2. The Bertz CT molecular complexity index is 1510. The summed E-state index contributed by atoms with van der Waals surface area (Å²) in [5, 5.41) is 13.8. The van der Waals surface area contributed by atoms with Crippen molar-refractivity contribution in [2.45, 2.75) is 24.9 Å². The summed E-state index contributed by atoms with van der Waals surface area (Å²) in [4.78, 5) is 47.1. The Morgan fingerprint density at radius 2 is 2.05 bits per heavy atom. The molecule has 2 amide bonds. The smallest absolute Gasteiger partial charge is 0.266 e. The van der Waals surface area contributed by atoms with Gasteiger partial charge in [0.2, 0.25) is 5.91 Å². The van der Waals surface area contributed by atoms with Crippen LogP contribution in [-0.4, -0.2) is 58.9 Å². The molecule has 3 aliphatic rings. The van der Waals surface area contributed by atoms with E-state index in [4.69, 9.17) is 10.5 Å². The number of morpholine rings is 1. The first-order valence-corrected chi connectivity index (χ1v) is 13.4. The van der Waals surface area contributed by atoms with Crippen LogP contribution in [0.25, 0.3) is 5.70 Å². The van der Waals surface area contributed by atoms with E-state index >= 15 is 0 Å². The maximum absolute atomic E-state index is 13.7. The number of aromatic amines is 1. The number of ether oxygens (including phenoxy) is 1. The van der Waals surface area contributed by atoms with Gasteiger partial charge in [0.1, 0.15) is 11.5 Å². The number of carbonyl (C=O) groups is 3. The van der Waals surface area contributed by atoms with Gasteiger partial charge >= 0.3 is 0 Å². The molecule has 1 saturated heterocycles. The van der Waals surface area contributed by atoms with E-state index < -0.39 is 5.66 Å². The van der Waals surface area contributed by atoms with Crippen LogP contribution in [0.15, 0.2) is 58.5 Å². The third-order valence-electron chi connectivity index (χ3n) is 6.83. The number of azo groups is 1. The summed E-state index contributed by atoms with van der Waals surface area (Å²) in [6.07, 6.45) is 5.09. The molecule has 6 rings (SSSR count). The van der Waals surface area contributed by atoms with E-state index in [-0.39, 0.29) is 34.3 Å². The Balaban J connectivity index is 1.17. The number of rotatable bonds is 8. The topological polar surface area (TPSA) is 167 Å². The largest absolute Gasteiger partial charge is 0.379 e. The Morgan fingerprint density at radius 3 is 2.85 bits per heavy atom. The fraction of sp³-hybridized carbons (Fsp3) is 0.308. The number of aryl methyl sites for hydroxylation is 1. The Labute approximate surface area is 227 Å². The number of thiophene rings is 1. The fourth-order valence-corrected chi connectivity index (χ4v) is 5.87. The lowest BCUT2D eigenvalue weighted by molar-refractivity contribution is -0.116. The molecule has 0 radical (unpaired) electrons. The average molecular weight is 547 g/mol. The second kappa shape index (κ2) is 10.3. The van der Waals surface area contributed by atoms with Crippen molar-refractivity contribution in [3.63, 3.8) is 0 Å². The average Bonchev–Trinajstić information content (AvgIpc) is 3.73. The van der Waals surface area contributed by atoms with Crippen LogP contribution in [0.4, 0.5) is 5.00 Å². The van der Waals surface area contributed by atoms with Crippen molar-refractivity contribution in [1.82, 2.24) is 20.4 Å². The number of nitrogens with two attached hydrogens (primary N) is 1. The summed E-state index contributed by atoms with van der Waals surface area (Å²) < 4.78 is 5.33. The van der Waals surface area contributed by atoms with Crippen LogP contribution < -0.4 is 16.5 Å². The van der Waals surface area contributed by atoms with Crippen LogP contribution >= 0.6 is 11.3 Å². The normalized spacial score (nSPS) is 20.3. The van der Waals surface area contributed by atoms with Crippen LogP contribution in [0.3, 0.4) is 0 Å². The lowest BCUT2D eigenvalue weighted by Gasteiger charge is -2.27. The number of anilines is 1. The quantitative estimate of drug-likeness (QED) is 0.337. The van der Waals surface area contributed by atoms with Gasteiger partial charge in [-0.2, -0.15) is 10.2 Å². The SMILES string of the molecule is NC1(c2ccc(NC(=O)CCCc3ncc[nH]3)s2)N=NC2=C1C(=O)c1c(C(=O)NN3CCOCC3)cccc12. The molecule has 3 aromatic rings. The van der Waals surface area contributed by atoms with Crippen molar-refractivity contribution >= 4 is 39.6 Å². The molecule has 13 heteroatoms. The van der Waals surface area contributed by atoms with Gasteiger partial charge in [0.05, 0.1) is 34.2 Å². The number of fused-ring (bicyclic) bond motifs is 2. The molecule has 1 unspecified atom stereocenters. The van der Waals surface area contributed by atoms with Crippen LogP contribution in [0.2, 0.25) is 0 Å². The van der Waals surface area contributed by atoms with Crippen molar-refractivity contribution in [2.75, 3.05) is 31.6 Å². The number of nitrogens with one attached hydrogen (secondary N) is 3. The summed E-state index contributed by atoms with van der Waals surface area (Å²) in [6.45, 7) is 2.16. The molecule has 1 fully saturated rings. The van der Waals surface area contributed by atoms with Crippen LogP contribution in [0.5, 0.6) is 0 Å². The van der Waals surface area contributed by atoms with E-state index in [1.54, 1.807) is 47.7 Å². The predicted molar refractivity (Wildman–Crippen MR) is 143 cm³/mol. The molecular weight excluding hydrogens is 520 g/mol. The number of nitrogens with zero attached hydrogens (tertiary/aromatic N) is 4. The number of H-pyrrole nitrogens is 1. The molecule has 2 aliphatic heterocycles. The van der Waals surface area contributed by atoms with Gasteiger partial charge < -0.3 is 15.0 Å². The minimum Gasteiger partial charge on any atom is -0.379 e. The molecule has 200 valence electrons. The van der Waals surface area contributed by atoms with Crippen molar-refractivity contribution in [3.8, 4) is 0 Å². The standard InChI is InChI=1S/C26H26N8O4S/c27-26(17-7-8-20(39-17)30-19(35)6-2-5-18-28-9-10-29-18)22-23(31-33-26)15-3-1-4-16(21(15)24(22)36)25(37)32-34-11-13-38-14-12-34/h1,3-4,7-10H,2,5-6,11-14,27H2,(H,28,29)(H,30,35)(H,32,37). The first kappa shape index (κ1) is 25.2. The van der Waals surface area contributed by atoms with Crippen LogP contribution in [0.1, 0.15) is 49.8 Å². The highest BCUT2D eigenvalue weighted by Crippen LogP contribution is 2.50. The van der Waals surface area contributed by atoms with Gasteiger partial charge in [-0.3, -0.25) is 25.5 Å². The third-order valence-corrected chi connectivity index (χ3v) is 7.96. The minimum absolute atomic E-state index is 0.130. The Morgan fingerprint density at radius 1 is 1.21 bits per heavy atom. The number of aromatic nitrogens is 2. The number of ketones is 1. The highest BCUT2D eigenvalue weighted by atomic mass is 32.1. The van der Waals surface area contributed by atoms with Gasteiger partial charge in [0.25, 0.3) is 5.91 Å². The molecule has 0 spiro atoms. The van der Waals surface area contributed by atoms with Crippen LogP contribution in [-0.2, 0) is 21.6 Å². The van der Waals surface area contributed by atoms with Gasteiger partial charge in [0.15, 0.2) is 11.4 Å². The maximum Gasteiger partial charge on any atom is 0.266 e. The molecule has 12 nitrogen and oxygen atoms in total. The second-order valence-corrected chi connectivity index (χ2v) is 10.5. The zero-order chi connectivity index (χ0) is 27.0. The number of benzene rings is 1. The second-order valence-electron chi connectivity index (χ2n) is 9.39. The molecule has 2 aromatic heterocycles. The molecule has 5 N–H and O–H groups in total. The number of carbonyl (C=O) groups excluding carboxylic acids is 3. The fourth-order valence-electron chi connectivity index (χ4n) is 4.90. The van der Waals surface area contributed by atoms with E-state index in [0.717, 1.165) is 5.82 Å². The number of hydrazine groups is 1. The zero-order valence-corrected chi connectivity index (χ0v) is 21.7. The number of imidazole rings is 1. The summed E-state index contributed by atoms with van der Waals surface area (Å²) in [5.74, 6) is -0.0479. The lowest BCUT2D eigenvalue weighted by Crippen LogP contribution is -2.48. The molecule has 4 heterocycles. The zero-order valence-electron chi connectivity index (χ0n) is 20.9. The van der Waals surface area contributed by atoms with Gasteiger partial charge in [-0.05, 0) is 24.6 Å². The molecule has 1 atom stereocenters. The third kappa shape index (κ3) is 4.69. The monoisotopic (exact) mass is 546 g/mol.